The maximum Gasteiger partial charge on any atom is 0.229 e. The number of thiophene rings is 2. The minimum absolute atomic E-state index is 1.20. The number of fused-ring (bicyclic) bond motifs is 7. The van der Waals surface area contributed by atoms with E-state index in [9.17, 15) is 0 Å². The lowest BCUT2D eigenvalue weighted by Gasteiger charge is -2.02. The number of hydrogen-bond acceptors (Lipinski definition) is 2. The molecule has 8 rings (SSSR count). The van der Waals surface area contributed by atoms with Gasteiger partial charge in [-0.2, -0.15) is 8.80 Å². The van der Waals surface area contributed by atoms with E-state index in [0.717, 1.165) is 0 Å². The van der Waals surface area contributed by atoms with Crippen molar-refractivity contribution in [1.29, 1.82) is 0 Å². The van der Waals surface area contributed by atoms with Crippen molar-refractivity contribution in [3.8, 4) is 0 Å². The third kappa shape index (κ3) is 4.19. The van der Waals surface area contributed by atoms with Gasteiger partial charge in [0.1, 0.15) is 9.40 Å². The first-order chi connectivity index (χ1) is 19.8. The summed E-state index contributed by atoms with van der Waals surface area (Å²) >= 11 is 3.59. The summed E-state index contributed by atoms with van der Waals surface area (Å²) in [5, 5.41) is 9.41. The molecule has 0 atom stereocenters. The Morgan fingerprint density at radius 3 is 1.30 bits per heavy atom. The van der Waals surface area contributed by atoms with Crippen LogP contribution in [0.4, 0.5) is 0 Å². The van der Waals surface area contributed by atoms with Gasteiger partial charge in [-0.15, -0.1) is 22.7 Å². The summed E-state index contributed by atoms with van der Waals surface area (Å²) in [4.78, 5) is 0. The van der Waals surface area contributed by atoms with Crippen LogP contribution in [0.3, 0.4) is 0 Å². The predicted molar refractivity (Wildman–Crippen MR) is 172 cm³/mol. The van der Waals surface area contributed by atoms with Crippen molar-refractivity contribution in [2.75, 3.05) is 0 Å². The molecule has 188 valence electrons. The van der Waals surface area contributed by atoms with Crippen LogP contribution in [0.5, 0.6) is 0 Å². The van der Waals surface area contributed by atoms with Crippen LogP contribution in [0.15, 0.2) is 120 Å². The van der Waals surface area contributed by atoms with E-state index in [1.165, 1.54) is 64.2 Å². The van der Waals surface area contributed by atoms with E-state index in [4.69, 9.17) is 0 Å². The van der Waals surface area contributed by atoms with Crippen molar-refractivity contribution < 1.29 is 8.80 Å². The fourth-order valence-corrected chi connectivity index (χ4v) is 7.22. The van der Waals surface area contributed by atoms with Crippen LogP contribution in [0.2, 0.25) is 0 Å². The average Bonchev–Trinajstić information content (AvgIpc) is 3.69. The first-order valence-electron chi connectivity index (χ1n) is 13.3. The molecule has 0 unspecified atom stereocenters. The third-order valence-corrected chi connectivity index (χ3v) is 9.43. The molecular formula is C36H24N2S2+2. The molecule has 6 aromatic heterocycles. The Morgan fingerprint density at radius 1 is 0.400 bits per heavy atom. The van der Waals surface area contributed by atoms with Crippen molar-refractivity contribution in [3.63, 3.8) is 0 Å². The fourth-order valence-electron chi connectivity index (χ4n) is 5.40. The van der Waals surface area contributed by atoms with Crippen molar-refractivity contribution in [1.82, 2.24) is 0 Å². The topological polar surface area (TPSA) is 8.20 Å². The molecule has 0 spiro atoms. The van der Waals surface area contributed by atoms with Crippen LogP contribution < -0.4 is 8.80 Å². The molecule has 2 aromatic carbocycles. The highest BCUT2D eigenvalue weighted by Crippen LogP contribution is 2.26. The van der Waals surface area contributed by atoms with E-state index < -0.39 is 0 Å². The van der Waals surface area contributed by atoms with E-state index in [-0.39, 0.29) is 0 Å². The van der Waals surface area contributed by atoms with Crippen LogP contribution in [0.25, 0.3) is 66.3 Å². The Labute approximate surface area is 239 Å². The molecule has 6 heterocycles. The lowest BCUT2D eigenvalue weighted by Crippen LogP contribution is -2.19. The van der Waals surface area contributed by atoms with Crippen molar-refractivity contribution in [3.05, 3.63) is 143 Å². The summed E-state index contributed by atoms with van der Waals surface area (Å²) in [6.45, 7) is 0. The second-order valence-corrected chi connectivity index (χ2v) is 11.9. The van der Waals surface area contributed by atoms with Gasteiger partial charge in [-0.3, -0.25) is 0 Å². The predicted octanol–water partition coefficient (Wildman–Crippen LogP) is 9.09. The second-order valence-electron chi connectivity index (χ2n) is 10.1. The van der Waals surface area contributed by atoms with Crippen LogP contribution in [-0.2, 0) is 0 Å². The molecular weight excluding hydrogens is 525 g/mol. The van der Waals surface area contributed by atoms with Gasteiger partial charge in [-0.1, -0.05) is 48.6 Å². The molecule has 0 saturated carbocycles. The molecule has 4 heteroatoms. The molecule has 0 aliphatic rings. The van der Waals surface area contributed by atoms with Crippen LogP contribution in [-0.4, -0.2) is 0 Å². The molecule has 0 aliphatic heterocycles. The zero-order valence-electron chi connectivity index (χ0n) is 21.6. The first kappa shape index (κ1) is 23.3. The zero-order chi connectivity index (χ0) is 26.5. The van der Waals surface area contributed by atoms with Crippen LogP contribution in [0.1, 0.15) is 22.3 Å². The minimum Gasteiger partial charge on any atom is -0.166 e. The highest BCUT2D eigenvalue weighted by Gasteiger charge is 2.10. The van der Waals surface area contributed by atoms with E-state index in [1.54, 1.807) is 22.7 Å². The molecule has 0 radical (unpaired) electrons. The summed E-state index contributed by atoms with van der Waals surface area (Å²) in [5.74, 6) is 0. The molecule has 0 bridgehead atoms. The molecule has 2 nitrogen and oxygen atoms in total. The van der Waals surface area contributed by atoms with Gasteiger partial charge in [0.15, 0.2) is 24.8 Å². The molecule has 0 saturated heterocycles. The number of nitrogens with zero attached hydrogens (tertiary/aromatic N) is 2. The summed E-state index contributed by atoms with van der Waals surface area (Å²) in [6, 6.07) is 31.0. The summed E-state index contributed by atoms with van der Waals surface area (Å²) in [5.41, 5.74) is 7.30. The smallest absolute Gasteiger partial charge is 0.166 e. The maximum absolute atomic E-state index is 2.27. The third-order valence-electron chi connectivity index (χ3n) is 7.53. The van der Waals surface area contributed by atoms with Gasteiger partial charge in [-0.05, 0) is 68.1 Å². The summed E-state index contributed by atoms with van der Waals surface area (Å²) in [7, 11) is 0. The van der Waals surface area contributed by atoms with E-state index in [0.29, 0.717) is 0 Å². The number of benzene rings is 2. The van der Waals surface area contributed by atoms with E-state index in [1.807, 2.05) is 0 Å². The van der Waals surface area contributed by atoms with Gasteiger partial charge in [0, 0.05) is 47.2 Å². The molecule has 0 fully saturated rings. The average molecular weight is 549 g/mol. The Balaban J connectivity index is 1.05. The van der Waals surface area contributed by atoms with Gasteiger partial charge in [-0.25, -0.2) is 0 Å². The van der Waals surface area contributed by atoms with Crippen LogP contribution in [0, 0.1) is 0 Å². The zero-order valence-corrected chi connectivity index (χ0v) is 23.2. The Hall–Kier alpha value is -4.64. The molecule has 40 heavy (non-hydrogen) atoms. The number of rotatable bonds is 4. The highest BCUT2D eigenvalue weighted by atomic mass is 32.1. The standard InChI is InChI=1S/C36H24N2S2/c1(3-27-9-15-37-17-11-29-13-19-39-35(29)33(37)23-27)25-5-7-32-22-26(6-8-31(32)21-25)2-4-28-10-16-38-18-12-30-14-20-40-36(30)34(38)24-28/h1-24H/q+2/b3-1+,4-2+. The lowest BCUT2D eigenvalue weighted by atomic mass is 10.0. The Morgan fingerprint density at radius 2 is 0.825 bits per heavy atom. The van der Waals surface area contributed by atoms with E-state index >= 15 is 0 Å². The van der Waals surface area contributed by atoms with Crippen molar-refractivity contribution in [2.45, 2.75) is 0 Å². The molecule has 0 N–H and O–H groups in total. The molecule has 0 aliphatic carbocycles. The van der Waals surface area contributed by atoms with Crippen LogP contribution >= 0.6 is 22.7 Å². The number of pyridine rings is 4. The van der Waals surface area contributed by atoms with Crippen molar-refractivity contribution in [2.24, 2.45) is 0 Å². The van der Waals surface area contributed by atoms with E-state index in [2.05, 4.69) is 154 Å². The normalized spacial score (nSPS) is 12.3. The quantitative estimate of drug-likeness (QED) is 0.194. The second kappa shape index (κ2) is 9.53. The molecule has 0 amide bonds. The monoisotopic (exact) mass is 548 g/mol. The Bertz CT molecular complexity index is 2120. The highest BCUT2D eigenvalue weighted by molar-refractivity contribution is 7.18. The van der Waals surface area contributed by atoms with Crippen molar-refractivity contribution >= 4 is 89.0 Å². The van der Waals surface area contributed by atoms with Gasteiger partial charge >= 0.3 is 0 Å². The number of aromatic nitrogens is 2. The SMILES string of the molecule is C(=C\c1cc[n+]2ccc3ccsc3c2c1)/c1ccc2cc(/C=C/c3cc[n+]4ccc5ccsc5c4c3)ccc2c1. The first-order valence-corrected chi connectivity index (χ1v) is 15.1. The maximum atomic E-state index is 2.27. The lowest BCUT2D eigenvalue weighted by molar-refractivity contribution is -0.510. The molecule has 8 aromatic rings. The largest absolute Gasteiger partial charge is 0.229 e. The Kier molecular flexibility index (Phi) is 5.54. The number of hydrogen-bond donors (Lipinski definition) is 0. The fraction of sp³-hybridized carbons (Fsp3) is 0. The minimum atomic E-state index is 1.20. The summed E-state index contributed by atoms with van der Waals surface area (Å²) < 4.78 is 7.04. The summed E-state index contributed by atoms with van der Waals surface area (Å²) in [6.07, 6.45) is 17.4. The van der Waals surface area contributed by atoms with Gasteiger partial charge < -0.3 is 0 Å². The van der Waals surface area contributed by atoms with Gasteiger partial charge in [0.25, 0.3) is 0 Å². The van der Waals surface area contributed by atoms with Gasteiger partial charge in [0.2, 0.25) is 11.0 Å². The van der Waals surface area contributed by atoms with Gasteiger partial charge in [0.05, 0.1) is 0 Å².